The number of ether oxygens (including phenoxy) is 2. The van der Waals surface area contributed by atoms with Crippen LogP contribution in [0.5, 0.6) is 5.75 Å². The molecule has 0 saturated heterocycles. The summed E-state index contributed by atoms with van der Waals surface area (Å²) in [7, 11) is 0. The number of hydrogen-bond acceptors (Lipinski definition) is 4. The molecule has 1 N–H and O–H groups in total. The van der Waals surface area contributed by atoms with Gasteiger partial charge in [-0.15, -0.1) is 5.92 Å². The first-order chi connectivity index (χ1) is 15.6. The summed E-state index contributed by atoms with van der Waals surface area (Å²) in [4.78, 5) is 13.8. The van der Waals surface area contributed by atoms with Crippen molar-refractivity contribution in [2.75, 3.05) is 37.8 Å². The number of aliphatic carboxylic acids is 1. The van der Waals surface area contributed by atoms with Crippen LogP contribution in [-0.4, -0.2) is 44.0 Å². The molecule has 5 nitrogen and oxygen atoms in total. The zero-order valence-electron chi connectivity index (χ0n) is 18.9. The Balaban J connectivity index is 1.75. The molecule has 0 fully saturated rings. The maximum Gasteiger partial charge on any atom is 0.331 e. The summed E-state index contributed by atoms with van der Waals surface area (Å²) in [5.74, 6) is 5.96. The van der Waals surface area contributed by atoms with Crippen LogP contribution in [0.15, 0.2) is 48.0 Å². The normalized spacial score (nSPS) is 12.8. The molecule has 2 aromatic rings. The lowest BCUT2D eigenvalue weighted by Gasteiger charge is -2.23. The zero-order valence-corrected chi connectivity index (χ0v) is 18.9. The highest BCUT2D eigenvalue weighted by atomic mass is 16.5. The Morgan fingerprint density at radius 3 is 2.59 bits per heavy atom. The van der Waals surface area contributed by atoms with Crippen LogP contribution in [0.3, 0.4) is 0 Å². The fraction of sp³-hybridized carbons (Fsp3) is 0.370. The van der Waals surface area contributed by atoms with Gasteiger partial charge in [-0.05, 0) is 66.8 Å². The van der Waals surface area contributed by atoms with Crippen molar-refractivity contribution in [1.82, 2.24) is 0 Å². The monoisotopic (exact) mass is 433 g/mol. The van der Waals surface area contributed by atoms with Gasteiger partial charge in [0.1, 0.15) is 12.4 Å². The first kappa shape index (κ1) is 23.4. The zero-order chi connectivity index (χ0) is 22.8. The summed E-state index contributed by atoms with van der Waals surface area (Å²) in [6.45, 7) is 7.06. The average molecular weight is 434 g/mol. The van der Waals surface area contributed by atoms with E-state index in [1.165, 1.54) is 0 Å². The number of anilines is 1. The number of carboxylic acids is 1. The maximum absolute atomic E-state index is 11.7. The summed E-state index contributed by atoms with van der Waals surface area (Å²) in [5.41, 5.74) is 4.41. The molecule has 0 atom stereocenters. The Kier molecular flexibility index (Phi) is 8.77. The van der Waals surface area contributed by atoms with Crippen LogP contribution in [0.4, 0.5) is 5.69 Å². The molecule has 168 valence electrons. The van der Waals surface area contributed by atoms with E-state index in [4.69, 9.17) is 9.47 Å². The Bertz CT molecular complexity index is 999. The minimum Gasteiger partial charge on any atom is -0.491 e. The fourth-order valence-electron chi connectivity index (χ4n) is 3.59. The Hall–Kier alpha value is -3.23. The Labute approximate surface area is 190 Å². The number of fused-ring (bicyclic) bond motifs is 1. The highest BCUT2D eigenvalue weighted by molar-refractivity contribution is 5.94. The van der Waals surface area contributed by atoms with Gasteiger partial charge in [-0.2, -0.15) is 0 Å². The summed E-state index contributed by atoms with van der Waals surface area (Å²) in [6.07, 6.45) is 4.47. The van der Waals surface area contributed by atoms with E-state index in [0.717, 1.165) is 47.6 Å². The van der Waals surface area contributed by atoms with Crippen molar-refractivity contribution >= 4 is 17.7 Å². The van der Waals surface area contributed by atoms with E-state index in [2.05, 4.69) is 35.8 Å². The lowest BCUT2D eigenvalue weighted by Crippen LogP contribution is -2.25. The molecule has 5 heteroatoms. The molecule has 0 radical (unpaired) electrons. The van der Waals surface area contributed by atoms with Crippen molar-refractivity contribution in [2.24, 2.45) is 0 Å². The van der Waals surface area contributed by atoms with Crippen LogP contribution in [0, 0.1) is 11.8 Å². The molecule has 0 saturated carbocycles. The molecule has 3 rings (SSSR count). The molecule has 1 aliphatic heterocycles. The van der Waals surface area contributed by atoms with Crippen LogP contribution in [0.2, 0.25) is 0 Å². The summed E-state index contributed by atoms with van der Waals surface area (Å²) < 4.78 is 11.3. The number of benzene rings is 2. The lowest BCUT2D eigenvalue weighted by molar-refractivity contribution is -0.132. The van der Waals surface area contributed by atoms with E-state index in [0.29, 0.717) is 38.3 Å². The standard InChI is InChI=1S/C27H31NO4/c1-3-5-14-28-15-13-23(27(29)30)20-24-19-22(9-12-26(24)28)21-7-10-25(11-8-21)32-18-17-31-16-6-4-2/h7-12,19-20H,4,6,13-18H2,1-2H3,(H,29,30). The van der Waals surface area contributed by atoms with Gasteiger partial charge in [-0.1, -0.05) is 37.5 Å². The van der Waals surface area contributed by atoms with Gasteiger partial charge < -0.3 is 19.5 Å². The van der Waals surface area contributed by atoms with Gasteiger partial charge in [-0.25, -0.2) is 4.79 Å². The first-order valence-corrected chi connectivity index (χ1v) is 11.2. The largest absolute Gasteiger partial charge is 0.491 e. The van der Waals surface area contributed by atoms with E-state index < -0.39 is 5.97 Å². The molecule has 0 unspecified atom stereocenters. The highest BCUT2D eigenvalue weighted by Gasteiger charge is 2.19. The number of rotatable bonds is 10. The third kappa shape index (κ3) is 6.38. The quantitative estimate of drug-likeness (QED) is 0.410. The topological polar surface area (TPSA) is 59.0 Å². The van der Waals surface area contributed by atoms with Gasteiger partial charge in [0, 0.05) is 24.4 Å². The van der Waals surface area contributed by atoms with Crippen LogP contribution in [-0.2, 0) is 9.53 Å². The maximum atomic E-state index is 11.7. The predicted octanol–water partition coefficient (Wildman–Crippen LogP) is 5.25. The summed E-state index contributed by atoms with van der Waals surface area (Å²) in [6, 6.07) is 14.1. The second-order valence-corrected chi connectivity index (χ2v) is 7.69. The molecule has 1 aliphatic rings. The van der Waals surface area contributed by atoms with Crippen molar-refractivity contribution in [3.8, 4) is 28.7 Å². The third-order valence-electron chi connectivity index (χ3n) is 5.40. The van der Waals surface area contributed by atoms with Crippen molar-refractivity contribution in [2.45, 2.75) is 33.1 Å². The molecule has 0 aliphatic carbocycles. The number of nitrogens with zero attached hydrogens (tertiary/aromatic N) is 1. The van der Waals surface area contributed by atoms with Crippen LogP contribution < -0.4 is 9.64 Å². The van der Waals surface area contributed by atoms with E-state index in [9.17, 15) is 9.90 Å². The predicted molar refractivity (Wildman–Crippen MR) is 129 cm³/mol. The molecule has 0 amide bonds. The highest BCUT2D eigenvalue weighted by Crippen LogP contribution is 2.32. The molecule has 0 bridgehead atoms. The van der Waals surface area contributed by atoms with Gasteiger partial charge in [0.05, 0.1) is 13.2 Å². The Morgan fingerprint density at radius 2 is 1.88 bits per heavy atom. The van der Waals surface area contributed by atoms with E-state index in [-0.39, 0.29) is 0 Å². The van der Waals surface area contributed by atoms with E-state index >= 15 is 0 Å². The number of carbonyl (C=O) groups is 1. The summed E-state index contributed by atoms with van der Waals surface area (Å²) >= 11 is 0. The van der Waals surface area contributed by atoms with Crippen molar-refractivity contribution in [3.05, 3.63) is 53.6 Å². The van der Waals surface area contributed by atoms with Crippen LogP contribution in [0.25, 0.3) is 17.2 Å². The minimum absolute atomic E-state index is 0.417. The smallest absolute Gasteiger partial charge is 0.331 e. The van der Waals surface area contributed by atoms with Crippen LogP contribution >= 0.6 is 0 Å². The molecular weight excluding hydrogens is 402 g/mol. The number of carboxylic acid groups (broad SMARTS) is 1. The fourth-order valence-corrected chi connectivity index (χ4v) is 3.59. The Morgan fingerprint density at radius 1 is 1.09 bits per heavy atom. The third-order valence-corrected chi connectivity index (χ3v) is 5.40. The van der Waals surface area contributed by atoms with Crippen LogP contribution in [0.1, 0.15) is 38.7 Å². The van der Waals surface area contributed by atoms with E-state index in [1.54, 1.807) is 6.08 Å². The van der Waals surface area contributed by atoms with Gasteiger partial charge in [0.15, 0.2) is 0 Å². The number of unbranched alkanes of at least 4 members (excludes halogenated alkanes) is 1. The average Bonchev–Trinajstić information content (AvgIpc) is 2.99. The van der Waals surface area contributed by atoms with Crippen molar-refractivity contribution in [3.63, 3.8) is 0 Å². The van der Waals surface area contributed by atoms with Gasteiger partial charge in [0.25, 0.3) is 0 Å². The minimum atomic E-state index is -0.870. The lowest BCUT2D eigenvalue weighted by atomic mass is 10.00. The molecule has 0 spiro atoms. The molecule has 2 aromatic carbocycles. The van der Waals surface area contributed by atoms with Gasteiger partial charge in [0.2, 0.25) is 0 Å². The second-order valence-electron chi connectivity index (χ2n) is 7.69. The second kappa shape index (κ2) is 12.0. The first-order valence-electron chi connectivity index (χ1n) is 11.2. The number of hydrogen-bond donors (Lipinski definition) is 1. The van der Waals surface area contributed by atoms with E-state index in [1.807, 2.05) is 37.3 Å². The molecule has 32 heavy (non-hydrogen) atoms. The van der Waals surface area contributed by atoms with Crippen molar-refractivity contribution < 1.29 is 19.4 Å². The van der Waals surface area contributed by atoms with Gasteiger partial charge >= 0.3 is 5.97 Å². The van der Waals surface area contributed by atoms with Crippen molar-refractivity contribution in [1.29, 1.82) is 0 Å². The molecule has 0 aromatic heterocycles. The van der Waals surface area contributed by atoms with Gasteiger partial charge in [-0.3, -0.25) is 0 Å². The molecular formula is C27H31NO4. The SMILES string of the molecule is CC#CCN1CCC(C(=O)O)=Cc2cc(-c3ccc(OCCOCCCC)cc3)ccc21. The summed E-state index contributed by atoms with van der Waals surface area (Å²) in [5, 5.41) is 9.56. The molecule has 1 heterocycles.